The lowest BCUT2D eigenvalue weighted by molar-refractivity contribution is -0.132. The van der Waals surface area contributed by atoms with Gasteiger partial charge >= 0.3 is 0 Å². The van der Waals surface area contributed by atoms with E-state index in [9.17, 15) is 9.18 Å². The van der Waals surface area contributed by atoms with Crippen molar-refractivity contribution in [1.82, 2.24) is 25.1 Å². The van der Waals surface area contributed by atoms with Crippen LogP contribution in [0.25, 0.3) is 0 Å². The maximum absolute atomic E-state index is 13.3. The molecule has 2 heterocycles. The minimum atomic E-state index is -0.261. The first-order chi connectivity index (χ1) is 14.7. The van der Waals surface area contributed by atoms with E-state index >= 15 is 0 Å². The summed E-state index contributed by atoms with van der Waals surface area (Å²) in [4.78, 5) is 15.2. The Hall–Kier alpha value is -2.00. The second kappa shape index (κ2) is 10.3. The summed E-state index contributed by atoms with van der Waals surface area (Å²) >= 11 is 1.37. The number of ether oxygens (including phenoxy) is 1. The molecule has 1 atom stereocenters. The van der Waals surface area contributed by atoms with E-state index in [0.717, 1.165) is 50.7 Å². The van der Waals surface area contributed by atoms with E-state index in [0.29, 0.717) is 18.2 Å². The first-order valence-electron chi connectivity index (χ1n) is 10.7. The maximum atomic E-state index is 13.3. The zero-order valence-corrected chi connectivity index (χ0v) is 17.9. The van der Waals surface area contributed by atoms with Gasteiger partial charge < -0.3 is 9.64 Å². The summed E-state index contributed by atoms with van der Waals surface area (Å²) in [6, 6.07) is 6.65. The van der Waals surface area contributed by atoms with E-state index < -0.39 is 0 Å². The highest BCUT2D eigenvalue weighted by Crippen LogP contribution is 2.26. The highest BCUT2D eigenvalue weighted by Gasteiger charge is 2.26. The zero-order chi connectivity index (χ0) is 20.8. The molecule has 0 bridgehead atoms. The average Bonchev–Trinajstić information content (AvgIpc) is 3.45. The summed E-state index contributed by atoms with van der Waals surface area (Å²) in [5, 5.41) is 12.6. The van der Waals surface area contributed by atoms with Crippen molar-refractivity contribution in [1.29, 1.82) is 0 Å². The number of carbonyl (C=O) groups is 1. The van der Waals surface area contributed by atoms with Crippen LogP contribution < -0.4 is 0 Å². The summed E-state index contributed by atoms with van der Waals surface area (Å²) in [5.41, 5.74) is 0.948. The Kier molecular flexibility index (Phi) is 7.33. The van der Waals surface area contributed by atoms with Gasteiger partial charge in [-0.15, -0.1) is 5.10 Å². The fourth-order valence-electron chi connectivity index (χ4n) is 4.20. The number of rotatable bonds is 8. The molecule has 1 amide bonds. The molecule has 1 aromatic carbocycles. The molecular weight excluding hydrogens is 405 g/mol. The highest BCUT2D eigenvalue weighted by molar-refractivity contribution is 7.99. The highest BCUT2D eigenvalue weighted by atomic mass is 32.2. The van der Waals surface area contributed by atoms with Crippen molar-refractivity contribution in [3.63, 3.8) is 0 Å². The van der Waals surface area contributed by atoms with E-state index in [-0.39, 0.29) is 29.6 Å². The van der Waals surface area contributed by atoms with Crippen LogP contribution in [-0.4, -0.2) is 55.5 Å². The second-order valence-electron chi connectivity index (χ2n) is 8.01. The van der Waals surface area contributed by atoms with E-state index in [1.165, 1.54) is 30.3 Å². The van der Waals surface area contributed by atoms with Gasteiger partial charge in [0.2, 0.25) is 11.1 Å². The Morgan fingerprint density at radius 1 is 1.17 bits per heavy atom. The first-order valence-corrected chi connectivity index (χ1v) is 11.7. The number of aromatic nitrogens is 4. The number of thioether (sulfide) groups is 1. The fourth-order valence-corrected chi connectivity index (χ4v) is 4.98. The molecule has 0 radical (unpaired) electrons. The number of nitrogens with zero attached hydrogens (tertiary/aromatic N) is 5. The molecule has 1 saturated heterocycles. The number of hydrogen-bond donors (Lipinski definition) is 0. The van der Waals surface area contributed by atoms with Gasteiger partial charge in [0.25, 0.3) is 0 Å². The lowest BCUT2D eigenvalue weighted by Crippen LogP contribution is -2.42. The molecule has 2 aromatic rings. The van der Waals surface area contributed by atoms with E-state index in [1.54, 1.807) is 16.8 Å². The standard InChI is InChI=1S/C21H28FN5O2S/c22-17-10-8-16(9-11-17)13-26(18-5-2-1-3-6-18)20(28)15-30-21-23-24-25-27(21)14-19-7-4-12-29-19/h8-11,18-19H,1-7,12-15H2. The number of amides is 1. The monoisotopic (exact) mass is 433 g/mol. The topological polar surface area (TPSA) is 73.1 Å². The molecule has 0 spiro atoms. The van der Waals surface area contributed by atoms with Crippen molar-refractivity contribution < 1.29 is 13.9 Å². The molecule has 1 aliphatic carbocycles. The number of halogens is 1. The number of tetrazole rings is 1. The van der Waals surface area contributed by atoms with Gasteiger partial charge in [0.15, 0.2) is 0 Å². The third kappa shape index (κ3) is 5.57. The summed E-state index contributed by atoms with van der Waals surface area (Å²) < 4.78 is 20.7. The van der Waals surface area contributed by atoms with Crippen molar-refractivity contribution in [2.45, 2.75) is 75.3 Å². The van der Waals surface area contributed by atoms with Crippen LogP contribution in [0.15, 0.2) is 29.4 Å². The molecule has 9 heteroatoms. The van der Waals surface area contributed by atoms with Gasteiger partial charge in [-0.05, 0) is 53.8 Å². The van der Waals surface area contributed by atoms with Gasteiger partial charge in [0.1, 0.15) is 5.82 Å². The molecule has 162 valence electrons. The second-order valence-corrected chi connectivity index (χ2v) is 8.95. The number of carbonyl (C=O) groups excluding carboxylic acids is 1. The zero-order valence-electron chi connectivity index (χ0n) is 17.1. The lowest BCUT2D eigenvalue weighted by atomic mass is 9.94. The lowest BCUT2D eigenvalue weighted by Gasteiger charge is -2.34. The van der Waals surface area contributed by atoms with Crippen LogP contribution in [0.3, 0.4) is 0 Å². The van der Waals surface area contributed by atoms with Gasteiger partial charge in [0.05, 0.1) is 18.4 Å². The summed E-state index contributed by atoms with van der Waals surface area (Å²) in [6.07, 6.45) is 7.77. The molecule has 4 rings (SSSR count). The van der Waals surface area contributed by atoms with Gasteiger partial charge in [-0.3, -0.25) is 4.79 Å². The molecule has 1 aromatic heterocycles. The number of benzene rings is 1. The molecule has 1 saturated carbocycles. The third-order valence-electron chi connectivity index (χ3n) is 5.83. The smallest absolute Gasteiger partial charge is 0.233 e. The Morgan fingerprint density at radius 2 is 1.97 bits per heavy atom. The van der Waals surface area contributed by atoms with Crippen LogP contribution in [0, 0.1) is 5.82 Å². The minimum absolute atomic E-state index is 0.0721. The number of hydrogen-bond acceptors (Lipinski definition) is 6. The maximum Gasteiger partial charge on any atom is 0.233 e. The van der Waals surface area contributed by atoms with Crippen LogP contribution >= 0.6 is 11.8 Å². The molecule has 2 fully saturated rings. The van der Waals surface area contributed by atoms with Crippen LogP contribution in [-0.2, 0) is 22.6 Å². The summed E-state index contributed by atoms with van der Waals surface area (Å²) in [7, 11) is 0. The van der Waals surface area contributed by atoms with Crippen LogP contribution in [0.2, 0.25) is 0 Å². The minimum Gasteiger partial charge on any atom is -0.376 e. The molecule has 0 N–H and O–H groups in total. The molecular formula is C21H28FN5O2S. The van der Waals surface area contributed by atoms with Gasteiger partial charge in [-0.2, -0.15) is 0 Å². The van der Waals surface area contributed by atoms with Crippen LogP contribution in [0.1, 0.15) is 50.5 Å². The van der Waals surface area contributed by atoms with Crippen LogP contribution in [0.4, 0.5) is 4.39 Å². The fraction of sp³-hybridized carbons (Fsp3) is 0.619. The first kappa shape index (κ1) is 21.2. The van der Waals surface area contributed by atoms with E-state index in [2.05, 4.69) is 15.5 Å². The molecule has 7 nitrogen and oxygen atoms in total. The van der Waals surface area contributed by atoms with Crippen molar-refractivity contribution in [3.8, 4) is 0 Å². The molecule has 1 aliphatic heterocycles. The normalized spacial score (nSPS) is 19.8. The Balaban J connectivity index is 1.40. The van der Waals surface area contributed by atoms with Gasteiger partial charge in [-0.25, -0.2) is 9.07 Å². The van der Waals surface area contributed by atoms with Crippen molar-refractivity contribution in [2.24, 2.45) is 0 Å². The van der Waals surface area contributed by atoms with E-state index in [4.69, 9.17) is 4.74 Å². The quantitative estimate of drug-likeness (QED) is 0.594. The Morgan fingerprint density at radius 3 is 2.70 bits per heavy atom. The Labute approximate surface area is 180 Å². The SMILES string of the molecule is O=C(CSc1nnnn1CC1CCCO1)N(Cc1ccc(F)cc1)C1CCCCC1. The van der Waals surface area contributed by atoms with Crippen molar-refractivity contribution in [2.75, 3.05) is 12.4 Å². The largest absolute Gasteiger partial charge is 0.376 e. The van der Waals surface area contributed by atoms with Gasteiger partial charge in [0, 0.05) is 19.2 Å². The summed E-state index contributed by atoms with van der Waals surface area (Å²) in [6.45, 7) is 1.91. The van der Waals surface area contributed by atoms with E-state index in [1.807, 2.05) is 4.90 Å². The molecule has 2 aliphatic rings. The Bertz CT molecular complexity index is 819. The third-order valence-corrected chi connectivity index (χ3v) is 6.77. The van der Waals surface area contributed by atoms with Crippen molar-refractivity contribution >= 4 is 17.7 Å². The summed E-state index contributed by atoms with van der Waals surface area (Å²) in [5.74, 6) is 0.0923. The average molecular weight is 434 g/mol. The predicted octanol–water partition coefficient (Wildman–Crippen LogP) is 3.44. The molecule has 30 heavy (non-hydrogen) atoms. The molecule has 1 unspecified atom stereocenters. The van der Waals surface area contributed by atoms with Gasteiger partial charge in [-0.1, -0.05) is 43.2 Å². The predicted molar refractivity (Wildman–Crippen MR) is 111 cm³/mol. The van der Waals surface area contributed by atoms with Crippen LogP contribution in [0.5, 0.6) is 0 Å². The van der Waals surface area contributed by atoms with Crippen molar-refractivity contribution in [3.05, 3.63) is 35.6 Å².